The van der Waals surface area contributed by atoms with Gasteiger partial charge >= 0.3 is 0 Å². The molecule has 0 fully saturated rings. The van der Waals surface area contributed by atoms with Crippen molar-refractivity contribution in [3.8, 4) is 0 Å². The first-order valence-corrected chi connectivity index (χ1v) is 4.32. The highest BCUT2D eigenvalue weighted by Gasteiger charge is 1.99. The number of alkyl halides is 1. The van der Waals surface area contributed by atoms with E-state index in [1.807, 2.05) is 0 Å². The van der Waals surface area contributed by atoms with E-state index in [1.165, 1.54) is 7.11 Å². The maximum atomic E-state index is 10.8. The largest absolute Gasteiger partial charge is 0.375 e. The molecular formula is C7H13ClN2O3. The molecule has 0 spiro atoms. The van der Waals surface area contributed by atoms with Crippen molar-refractivity contribution < 1.29 is 14.3 Å². The van der Waals surface area contributed by atoms with Crippen LogP contribution in [0.1, 0.15) is 0 Å². The van der Waals surface area contributed by atoms with Crippen LogP contribution in [0.15, 0.2) is 0 Å². The molecule has 0 saturated heterocycles. The topological polar surface area (TPSA) is 67.4 Å². The fourth-order valence-corrected chi connectivity index (χ4v) is 0.728. The molecule has 0 saturated carbocycles. The van der Waals surface area contributed by atoms with Gasteiger partial charge < -0.3 is 15.4 Å². The first-order valence-electron chi connectivity index (χ1n) is 3.79. The lowest BCUT2D eigenvalue weighted by Crippen LogP contribution is -2.36. The second kappa shape index (κ2) is 7.82. The second-order valence-corrected chi connectivity index (χ2v) is 2.53. The Hall–Kier alpha value is -0.810. The molecule has 0 aliphatic rings. The maximum absolute atomic E-state index is 10.8. The summed E-state index contributed by atoms with van der Waals surface area (Å²) in [6, 6.07) is 0. The van der Waals surface area contributed by atoms with Crippen LogP contribution in [0, 0.1) is 0 Å². The minimum absolute atomic E-state index is 0.0312. The molecule has 5 nitrogen and oxygen atoms in total. The highest BCUT2D eigenvalue weighted by molar-refractivity contribution is 6.27. The van der Waals surface area contributed by atoms with E-state index in [-0.39, 0.29) is 24.3 Å². The Labute approximate surface area is 81.8 Å². The predicted molar refractivity (Wildman–Crippen MR) is 48.6 cm³/mol. The van der Waals surface area contributed by atoms with Crippen molar-refractivity contribution in [3.63, 3.8) is 0 Å². The number of halogens is 1. The summed E-state index contributed by atoms with van der Waals surface area (Å²) in [4.78, 5) is 21.4. The predicted octanol–water partition coefficient (Wildman–Crippen LogP) is -0.896. The SMILES string of the molecule is COCC(=O)NCCNC(=O)CCl. The van der Waals surface area contributed by atoms with Crippen molar-refractivity contribution in [1.82, 2.24) is 10.6 Å². The number of carbonyl (C=O) groups is 2. The summed E-state index contributed by atoms with van der Waals surface area (Å²) in [5, 5.41) is 5.04. The number of carbonyl (C=O) groups excluding carboxylic acids is 2. The van der Waals surface area contributed by atoms with Crippen molar-refractivity contribution in [3.05, 3.63) is 0 Å². The number of methoxy groups -OCH3 is 1. The molecule has 0 radical (unpaired) electrons. The quantitative estimate of drug-likeness (QED) is 0.439. The number of amides is 2. The molecule has 0 unspecified atom stereocenters. The Morgan fingerprint density at radius 1 is 1.23 bits per heavy atom. The molecule has 0 aliphatic carbocycles. The highest BCUT2D eigenvalue weighted by atomic mass is 35.5. The fraction of sp³-hybridized carbons (Fsp3) is 0.714. The molecule has 0 aromatic heterocycles. The van der Waals surface area contributed by atoms with E-state index in [4.69, 9.17) is 11.6 Å². The summed E-state index contributed by atoms with van der Waals surface area (Å²) in [5.41, 5.74) is 0. The number of nitrogens with one attached hydrogen (secondary N) is 2. The average molecular weight is 209 g/mol. The average Bonchev–Trinajstić information content (AvgIpc) is 2.12. The fourth-order valence-electron chi connectivity index (χ4n) is 0.633. The first kappa shape index (κ1) is 12.2. The van der Waals surface area contributed by atoms with Crippen LogP contribution in [0.25, 0.3) is 0 Å². The first-order chi connectivity index (χ1) is 6.20. The molecule has 0 aliphatic heterocycles. The van der Waals surface area contributed by atoms with Crippen LogP contribution >= 0.6 is 11.6 Å². The van der Waals surface area contributed by atoms with Gasteiger partial charge in [0.15, 0.2) is 0 Å². The summed E-state index contributed by atoms with van der Waals surface area (Å²) in [6.45, 7) is 0.787. The molecule has 0 aromatic carbocycles. The van der Waals surface area contributed by atoms with E-state index in [1.54, 1.807) is 0 Å². The molecule has 0 aromatic rings. The van der Waals surface area contributed by atoms with Gasteiger partial charge in [0.2, 0.25) is 11.8 Å². The Balaban J connectivity index is 3.25. The zero-order chi connectivity index (χ0) is 10.1. The molecule has 2 amide bonds. The summed E-state index contributed by atoms with van der Waals surface area (Å²) < 4.78 is 4.58. The van der Waals surface area contributed by atoms with Crippen LogP contribution in [0.5, 0.6) is 0 Å². The summed E-state index contributed by atoms with van der Waals surface area (Å²) in [7, 11) is 1.44. The van der Waals surface area contributed by atoms with Gasteiger partial charge in [0.05, 0.1) is 0 Å². The van der Waals surface area contributed by atoms with Gasteiger partial charge in [-0.1, -0.05) is 0 Å². The van der Waals surface area contributed by atoms with Crippen molar-refractivity contribution in [2.75, 3.05) is 32.7 Å². The normalized spacial score (nSPS) is 9.38. The zero-order valence-electron chi connectivity index (χ0n) is 7.43. The number of hydrogen-bond acceptors (Lipinski definition) is 3. The summed E-state index contributed by atoms with van der Waals surface area (Å²) in [6.07, 6.45) is 0. The molecule has 13 heavy (non-hydrogen) atoms. The smallest absolute Gasteiger partial charge is 0.246 e. The summed E-state index contributed by atoms with van der Waals surface area (Å²) in [5.74, 6) is -0.517. The van der Waals surface area contributed by atoms with E-state index in [2.05, 4.69) is 15.4 Å². The van der Waals surface area contributed by atoms with Gasteiger partial charge in [0, 0.05) is 20.2 Å². The minimum atomic E-state index is -0.248. The van der Waals surface area contributed by atoms with E-state index < -0.39 is 0 Å². The van der Waals surface area contributed by atoms with Crippen LogP contribution < -0.4 is 10.6 Å². The lowest BCUT2D eigenvalue weighted by molar-refractivity contribution is -0.125. The maximum Gasteiger partial charge on any atom is 0.246 e. The molecule has 6 heteroatoms. The van der Waals surface area contributed by atoms with Gasteiger partial charge in [-0.3, -0.25) is 9.59 Å². The molecular weight excluding hydrogens is 196 g/mol. The van der Waals surface area contributed by atoms with Crippen LogP contribution in [0.2, 0.25) is 0 Å². The minimum Gasteiger partial charge on any atom is -0.375 e. The monoisotopic (exact) mass is 208 g/mol. The third-order valence-electron chi connectivity index (χ3n) is 1.17. The third-order valence-corrected chi connectivity index (χ3v) is 1.41. The number of hydrogen-bond donors (Lipinski definition) is 2. The third kappa shape index (κ3) is 7.55. The lowest BCUT2D eigenvalue weighted by atomic mass is 10.5. The number of rotatable bonds is 6. The highest BCUT2D eigenvalue weighted by Crippen LogP contribution is 1.73. The standard InChI is InChI=1S/C7H13ClN2O3/c1-13-5-7(12)10-3-2-9-6(11)4-8/h2-5H2,1H3,(H,9,11)(H,10,12). The van der Waals surface area contributed by atoms with Crippen molar-refractivity contribution in [2.45, 2.75) is 0 Å². The molecule has 2 N–H and O–H groups in total. The van der Waals surface area contributed by atoms with Crippen LogP contribution in [-0.4, -0.2) is 44.5 Å². The van der Waals surface area contributed by atoms with E-state index >= 15 is 0 Å². The zero-order valence-corrected chi connectivity index (χ0v) is 8.19. The van der Waals surface area contributed by atoms with Gasteiger partial charge in [-0.25, -0.2) is 0 Å². The number of ether oxygens (including phenoxy) is 1. The van der Waals surface area contributed by atoms with E-state index in [0.29, 0.717) is 13.1 Å². The van der Waals surface area contributed by atoms with E-state index in [0.717, 1.165) is 0 Å². The molecule has 0 rings (SSSR count). The van der Waals surface area contributed by atoms with Crippen molar-refractivity contribution in [2.24, 2.45) is 0 Å². The van der Waals surface area contributed by atoms with E-state index in [9.17, 15) is 9.59 Å². The van der Waals surface area contributed by atoms with Crippen molar-refractivity contribution >= 4 is 23.4 Å². The Morgan fingerprint density at radius 2 is 1.77 bits per heavy atom. The van der Waals surface area contributed by atoms with Gasteiger partial charge in [-0.2, -0.15) is 0 Å². The van der Waals surface area contributed by atoms with Gasteiger partial charge in [-0.15, -0.1) is 11.6 Å². The van der Waals surface area contributed by atoms with Gasteiger partial charge in [-0.05, 0) is 0 Å². The summed E-state index contributed by atoms with van der Waals surface area (Å²) >= 11 is 5.22. The van der Waals surface area contributed by atoms with Crippen LogP contribution in [0.3, 0.4) is 0 Å². The Kier molecular flexibility index (Phi) is 7.33. The van der Waals surface area contributed by atoms with Gasteiger partial charge in [0.1, 0.15) is 12.5 Å². The second-order valence-electron chi connectivity index (χ2n) is 2.27. The molecule has 0 bridgehead atoms. The van der Waals surface area contributed by atoms with Crippen LogP contribution in [0.4, 0.5) is 0 Å². The Bertz CT molecular complexity index is 175. The van der Waals surface area contributed by atoms with Crippen LogP contribution in [-0.2, 0) is 14.3 Å². The molecule has 0 heterocycles. The molecule has 76 valence electrons. The van der Waals surface area contributed by atoms with Gasteiger partial charge in [0.25, 0.3) is 0 Å². The molecule has 0 atom stereocenters. The Morgan fingerprint density at radius 3 is 2.23 bits per heavy atom. The van der Waals surface area contributed by atoms with Crippen molar-refractivity contribution in [1.29, 1.82) is 0 Å². The lowest BCUT2D eigenvalue weighted by Gasteiger charge is -2.04.